The highest BCUT2D eigenvalue weighted by Gasteiger charge is 2.30. The van der Waals surface area contributed by atoms with Gasteiger partial charge in [0.15, 0.2) is 11.2 Å². The normalized spacial score (nSPS) is 11.5. The molecule has 0 radical (unpaired) electrons. The highest BCUT2D eigenvalue weighted by molar-refractivity contribution is 9.10. The number of fused-ring (bicyclic) bond motifs is 1. The molecule has 30 heavy (non-hydrogen) atoms. The summed E-state index contributed by atoms with van der Waals surface area (Å²) < 4.78 is 12.7. The zero-order chi connectivity index (χ0) is 21.3. The van der Waals surface area contributed by atoms with Crippen molar-refractivity contribution in [3.05, 3.63) is 76.8 Å². The maximum absolute atomic E-state index is 12.8. The van der Waals surface area contributed by atoms with Crippen LogP contribution in [-0.4, -0.2) is 16.5 Å². The fourth-order valence-corrected chi connectivity index (χ4v) is 3.30. The van der Waals surface area contributed by atoms with Gasteiger partial charge in [-0.25, -0.2) is 4.98 Å². The quantitative estimate of drug-likeness (QED) is 0.373. The molecule has 3 aromatic carbocycles. The van der Waals surface area contributed by atoms with Crippen molar-refractivity contribution in [1.82, 2.24) is 4.98 Å². The third-order valence-electron chi connectivity index (χ3n) is 4.64. The topological polar surface area (TPSA) is 64.4 Å². The maximum Gasteiger partial charge on any atom is 0.267 e. The lowest BCUT2D eigenvalue weighted by atomic mass is 10.1. The van der Waals surface area contributed by atoms with Crippen molar-refractivity contribution in [1.29, 1.82) is 0 Å². The van der Waals surface area contributed by atoms with Crippen LogP contribution in [0.1, 0.15) is 19.4 Å². The number of aromatic nitrogens is 1. The summed E-state index contributed by atoms with van der Waals surface area (Å²) in [6, 6.07) is 20.7. The number of amides is 1. The van der Waals surface area contributed by atoms with E-state index in [1.165, 1.54) is 0 Å². The largest absolute Gasteiger partial charge is 0.478 e. The Bertz CT molecular complexity index is 1210. The van der Waals surface area contributed by atoms with Crippen LogP contribution in [0.5, 0.6) is 5.75 Å². The van der Waals surface area contributed by atoms with Gasteiger partial charge >= 0.3 is 0 Å². The molecule has 6 heteroatoms. The standard InChI is InChI=1S/C24H21BrN2O3/c1-15-5-4-6-16(13-15)22-27-20-14-18(9-12-21(20)29-22)26-23(28)24(2,3)30-19-10-7-17(25)8-11-19/h4-14H,1-3H3,(H,26,28). The van der Waals surface area contributed by atoms with Crippen molar-refractivity contribution in [2.24, 2.45) is 0 Å². The van der Waals surface area contributed by atoms with Crippen LogP contribution in [0.15, 0.2) is 75.6 Å². The number of aryl methyl sites for hydroxylation is 1. The van der Waals surface area contributed by atoms with E-state index in [1.807, 2.05) is 55.5 Å². The molecule has 0 spiro atoms. The van der Waals surface area contributed by atoms with E-state index < -0.39 is 5.60 Å². The first-order valence-electron chi connectivity index (χ1n) is 9.54. The Kier molecular flexibility index (Phi) is 5.35. The second-order valence-corrected chi connectivity index (χ2v) is 8.51. The van der Waals surface area contributed by atoms with Crippen LogP contribution in [0.4, 0.5) is 5.69 Å². The number of nitrogens with one attached hydrogen (secondary N) is 1. The van der Waals surface area contributed by atoms with Crippen molar-refractivity contribution in [3.8, 4) is 17.2 Å². The number of ether oxygens (including phenoxy) is 1. The van der Waals surface area contributed by atoms with Gasteiger partial charge in [0.1, 0.15) is 11.3 Å². The Morgan fingerprint density at radius 3 is 2.57 bits per heavy atom. The molecule has 5 nitrogen and oxygen atoms in total. The zero-order valence-electron chi connectivity index (χ0n) is 16.9. The van der Waals surface area contributed by atoms with Gasteiger partial charge in [-0.1, -0.05) is 33.6 Å². The Labute approximate surface area is 183 Å². The Morgan fingerprint density at radius 1 is 1.07 bits per heavy atom. The molecule has 1 amide bonds. The van der Waals surface area contributed by atoms with Crippen LogP contribution < -0.4 is 10.1 Å². The van der Waals surface area contributed by atoms with E-state index >= 15 is 0 Å². The molecule has 0 aliphatic carbocycles. The van der Waals surface area contributed by atoms with Gasteiger partial charge < -0.3 is 14.5 Å². The number of halogens is 1. The van der Waals surface area contributed by atoms with E-state index in [1.54, 1.807) is 32.0 Å². The fraction of sp³-hybridized carbons (Fsp3) is 0.167. The predicted molar refractivity (Wildman–Crippen MR) is 122 cm³/mol. The van der Waals surface area contributed by atoms with Gasteiger partial charge in [0, 0.05) is 15.7 Å². The summed E-state index contributed by atoms with van der Waals surface area (Å²) in [7, 11) is 0. The molecule has 0 saturated carbocycles. The molecule has 4 rings (SSSR count). The van der Waals surface area contributed by atoms with Crippen molar-refractivity contribution in [2.45, 2.75) is 26.4 Å². The van der Waals surface area contributed by atoms with E-state index in [-0.39, 0.29) is 5.91 Å². The van der Waals surface area contributed by atoms with Gasteiger partial charge in [-0.2, -0.15) is 0 Å². The van der Waals surface area contributed by atoms with Gasteiger partial charge in [0.05, 0.1) is 0 Å². The predicted octanol–water partition coefficient (Wildman–Crippen LogP) is 6.36. The van der Waals surface area contributed by atoms with Crippen LogP contribution in [0, 0.1) is 6.92 Å². The molecule has 0 aliphatic heterocycles. The summed E-state index contributed by atoms with van der Waals surface area (Å²) in [5, 5.41) is 2.91. The number of hydrogen-bond donors (Lipinski definition) is 1. The van der Waals surface area contributed by atoms with Crippen molar-refractivity contribution < 1.29 is 13.9 Å². The van der Waals surface area contributed by atoms with Crippen molar-refractivity contribution >= 4 is 38.6 Å². The average molecular weight is 465 g/mol. The summed E-state index contributed by atoms with van der Waals surface area (Å²) >= 11 is 3.39. The molecule has 0 bridgehead atoms. The number of carbonyl (C=O) groups is 1. The number of benzene rings is 3. The summed E-state index contributed by atoms with van der Waals surface area (Å²) in [6.45, 7) is 5.49. The van der Waals surface area contributed by atoms with Crippen LogP contribution in [0.3, 0.4) is 0 Å². The molecule has 1 heterocycles. The van der Waals surface area contributed by atoms with E-state index in [4.69, 9.17) is 9.15 Å². The third-order valence-corrected chi connectivity index (χ3v) is 5.17. The summed E-state index contributed by atoms with van der Waals surface area (Å²) in [6.07, 6.45) is 0. The fourth-order valence-electron chi connectivity index (χ4n) is 3.03. The molecular formula is C24H21BrN2O3. The van der Waals surface area contributed by atoms with Crippen molar-refractivity contribution in [3.63, 3.8) is 0 Å². The molecule has 152 valence electrons. The lowest BCUT2D eigenvalue weighted by molar-refractivity contribution is -0.128. The minimum absolute atomic E-state index is 0.257. The summed E-state index contributed by atoms with van der Waals surface area (Å²) in [4.78, 5) is 17.4. The number of nitrogens with zero attached hydrogens (tertiary/aromatic N) is 1. The van der Waals surface area contributed by atoms with Gasteiger partial charge in [-0.05, 0) is 75.4 Å². The summed E-state index contributed by atoms with van der Waals surface area (Å²) in [5.41, 5.74) is 2.96. The van der Waals surface area contributed by atoms with Gasteiger partial charge in [-0.3, -0.25) is 4.79 Å². The zero-order valence-corrected chi connectivity index (χ0v) is 18.5. The lowest BCUT2D eigenvalue weighted by Gasteiger charge is -2.25. The molecular weight excluding hydrogens is 444 g/mol. The molecule has 1 N–H and O–H groups in total. The van der Waals surface area contributed by atoms with E-state index in [9.17, 15) is 4.79 Å². The molecule has 0 unspecified atom stereocenters. The average Bonchev–Trinajstić information content (AvgIpc) is 3.13. The number of anilines is 1. The van der Waals surface area contributed by atoms with E-state index in [0.717, 1.165) is 15.6 Å². The van der Waals surface area contributed by atoms with Crippen molar-refractivity contribution in [2.75, 3.05) is 5.32 Å². The number of carbonyl (C=O) groups excluding carboxylic acids is 1. The monoisotopic (exact) mass is 464 g/mol. The first-order valence-corrected chi connectivity index (χ1v) is 10.3. The minimum atomic E-state index is -1.06. The van der Waals surface area contributed by atoms with Crippen LogP contribution in [0.2, 0.25) is 0 Å². The molecule has 0 saturated heterocycles. The number of hydrogen-bond acceptors (Lipinski definition) is 4. The first-order chi connectivity index (χ1) is 14.3. The second kappa shape index (κ2) is 7.95. The molecule has 4 aromatic rings. The molecule has 0 fully saturated rings. The lowest BCUT2D eigenvalue weighted by Crippen LogP contribution is -2.42. The van der Waals surface area contributed by atoms with Crippen LogP contribution in [0.25, 0.3) is 22.6 Å². The Morgan fingerprint density at radius 2 is 1.83 bits per heavy atom. The van der Waals surface area contributed by atoms with E-state index in [2.05, 4.69) is 26.2 Å². The first kappa shape index (κ1) is 20.2. The van der Waals surface area contributed by atoms with Gasteiger partial charge in [0.2, 0.25) is 5.89 Å². The Hall–Kier alpha value is -3.12. The molecule has 1 aromatic heterocycles. The highest BCUT2D eigenvalue weighted by atomic mass is 79.9. The van der Waals surface area contributed by atoms with Crippen LogP contribution >= 0.6 is 15.9 Å². The van der Waals surface area contributed by atoms with E-state index in [0.29, 0.717) is 28.4 Å². The Balaban J connectivity index is 1.52. The molecule has 0 atom stereocenters. The van der Waals surface area contributed by atoms with Crippen LogP contribution in [-0.2, 0) is 4.79 Å². The SMILES string of the molecule is Cc1cccc(-c2nc3cc(NC(=O)C(C)(C)Oc4ccc(Br)cc4)ccc3o2)c1. The highest BCUT2D eigenvalue weighted by Crippen LogP contribution is 2.28. The summed E-state index contributed by atoms with van der Waals surface area (Å²) in [5.74, 6) is 0.913. The second-order valence-electron chi connectivity index (χ2n) is 7.59. The molecule has 0 aliphatic rings. The third kappa shape index (κ3) is 4.39. The van der Waals surface area contributed by atoms with Gasteiger partial charge in [-0.15, -0.1) is 0 Å². The maximum atomic E-state index is 12.8. The smallest absolute Gasteiger partial charge is 0.267 e. The minimum Gasteiger partial charge on any atom is -0.478 e. The van der Waals surface area contributed by atoms with Gasteiger partial charge in [0.25, 0.3) is 5.91 Å². The number of rotatable bonds is 5. The number of oxazole rings is 1.